The second-order valence-electron chi connectivity index (χ2n) is 5.73. The molecule has 0 aliphatic carbocycles. The highest BCUT2D eigenvalue weighted by Gasteiger charge is 2.19. The van der Waals surface area contributed by atoms with Gasteiger partial charge in [0, 0.05) is 16.8 Å². The van der Waals surface area contributed by atoms with Crippen LogP contribution in [-0.2, 0) is 12.3 Å². The van der Waals surface area contributed by atoms with Gasteiger partial charge in [0.25, 0.3) is 0 Å². The van der Waals surface area contributed by atoms with Gasteiger partial charge in [-0.1, -0.05) is 64.1 Å². The van der Waals surface area contributed by atoms with Crippen LogP contribution in [0.1, 0.15) is 24.4 Å². The lowest BCUT2D eigenvalue weighted by Gasteiger charge is -2.15. The molecule has 1 atom stereocenters. The molecule has 4 nitrogen and oxygen atoms in total. The third-order valence-corrected chi connectivity index (χ3v) is 5.32. The van der Waals surface area contributed by atoms with E-state index in [9.17, 15) is 0 Å². The van der Waals surface area contributed by atoms with Crippen LogP contribution >= 0.6 is 27.7 Å². The summed E-state index contributed by atoms with van der Waals surface area (Å²) < 4.78 is 9.14. The summed E-state index contributed by atoms with van der Waals surface area (Å²) in [7, 11) is 0. The molecule has 134 valence electrons. The average molecular weight is 430 g/mol. The molecule has 2 aromatic carbocycles. The standard InChI is InChI=1S/C20H20BrN3OS/c1-3-13-24-19(15(2)25-18-7-5-4-6-8-18)22-23-20(24)26-14-16-9-11-17(21)12-10-16/h3-12,15H,1,13-14H2,2H3. The van der Waals surface area contributed by atoms with E-state index in [1.807, 2.05) is 55.5 Å². The molecule has 0 aliphatic heterocycles. The van der Waals surface area contributed by atoms with Crippen LogP contribution < -0.4 is 4.74 Å². The molecule has 1 aromatic heterocycles. The zero-order valence-electron chi connectivity index (χ0n) is 14.5. The zero-order chi connectivity index (χ0) is 18.4. The van der Waals surface area contributed by atoms with Crippen molar-refractivity contribution in [3.05, 3.63) is 83.1 Å². The van der Waals surface area contributed by atoms with Gasteiger partial charge in [-0.15, -0.1) is 16.8 Å². The SMILES string of the molecule is C=CCn1c(SCc2ccc(Br)cc2)nnc1C(C)Oc1ccccc1. The Labute approximate surface area is 166 Å². The van der Waals surface area contributed by atoms with Gasteiger partial charge in [-0.25, -0.2) is 0 Å². The molecule has 0 radical (unpaired) electrons. The minimum Gasteiger partial charge on any atom is -0.483 e. The highest BCUT2D eigenvalue weighted by molar-refractivity contribution is 9.10. The Hall–Kier alpha value is -2.05. The number of allylic oxidation sites excluding steroid dienone is 1. The van der Waals surface area contributed by atoms with Gasteiger partial charge in [-0.3, -0.25) is 4.57 Å². The zero-order valence-corrected chi connectivity index (χ0v) is 16.9. The van der Waals surface area contributed by atoms with Crippen LogP contribution in [0, 0.1) is 0 Å². The fourth-order valence-corrected chi connectivity index (χ4v) is 3.67. The first-order chi connectivity index (χ1) is 12.7. The van der Waals surface area contributed by atoms with Crippen molar-refractivity contribution < 1.29 is 4.74 Å². The molecule has 3 rings (SSSR count). The first-order valence-corrected chi connectivity index (χ1v) is 10.1. The first kappa shape index (κ1) is 18.7. The van der Waals surface area contributed by atoms with E-state index in [2.05, 4.69) is 49.4 Å². The largest absolute Gasteiger partial charge is 0.483 e. The molecule has 0 spiro atoms. The number of benzene rings is 2. The maximum absolute atomic E-state index is 6.00. The van der Waals surface area contributed by atoms with Gasteiger partial charge in [-0.2, -0.15) is 0 Å². The van der Waals surface area contributed by atoms with Gasteiger partial charge in [0.1, 0.15) is 5.75 Å². The lowest BCUT2D eigenvalue weighted by molar-refractivity contribution is 0.210. The van der Waals surface area contributed by atoms with Crippen molar-refractivity contribution in [2.45, 2.75) is 30.5 Å². The smallest absolute Gasteiger partial charge is 0.191 e. The molecule has 3 aromatic rings. The van der Waals surface area contributed by atoms with Crippen molar-refractivity contribution in [1.29, 1.82) is 0 Å². The minimum atomic E-state index is -0.202. The molecule has 0 bridgehead atoms. The molecule has 6 heteroatoms. The summed E-state index contributed by atoms with van der Waals surface area (Å²) in [6.45, 7) is 6.49. The second kappa shape index (κ2) is 9.05. The number of hydrogen-bond donors (Lipinski definition) is 0. The van der Waals surface area contributed by atoms with Crippen molar-refractivity contribution in [3.8, 4) is 5.75 Å². The van der Waals surface area contributed by atoms with Gasteiger partial charge >= 0.3 is 0 Å². The second-order valence-corrected chi connectivity index (χ2v) is 7.59. The van der Waals surface area contributed by atoms with E-state index in [0.717, 1.165) is 27.0 Å². The summed E-state index contributed by atoms with van der Waals surface area (Å²) in [5.74, 6) is 2.44. The number of halogens is 1. The molecule has 0 amide bonds. The summed E-state index contributed by atoms with van der Waals surface area (Å²) in [4.78, 5) is 0. The van der Waals surface area contributed by atoms with Crippen molar-refractivity contribution in [2.24, 2.45) is 0 Å². The highest BCUT2D eigenvalue weighted by atomic mass is 79.9. The monoisotopic (exact) mass is 429 g/mol. The Bertz CT molecular complexity index is 849. The number of hydrogen-bond acceptors (Lipinski definition) is 4. The molecule has 0 aliphatic rings. The molecule has 1 unspecified atom stereocenters. The predicted molar refractivity (Wildman–Crippen MR) is 109 cm³/mol. The van der Waals surface area contributed by atoms with Crippen LogP contribution in [0.5, 0.6) is 5.75 Å². The summed E-state index contributed by atoms with van der Waals surface area (Å²) in [5.41, 5.74) is 1.24. The van der Waals surface area contributed by atoms with Crippen LogP contribution in [0.25, 0.3) is 0 Å². The van der Waals surface area contributed by atoms with Gasteiger partial charge in [0.15, 0.2) is 17.1 Å². The van der Waals surface area contributed by atoms with Gasteiger partial charge < -0.3 is 4.74 Å². The Morgan fingerprint density at radius 1 is 1.15 bits per heavy atom. The van der Waals surface area contributed by atoms with Crippen LogP contribution in [0.2, 0.25) is 0 Å². The van der Waals surface area contributed by atoms with Crippen LogP contribution in [-0.4, -0.2) is 14.8 Å². The van der Waals surface area contributed by atoms with Crippen molar-refractivity contribution in [2.75, 3.05) is 0 Å². The predicted octanol–water partition coefficient (Wildman–Crippen LogP) is 5.66. The molecular weight excluding hydrogens is 410 g/mol. The van der Waals surface area contributed by atoms with Crippen LogP contribution in [0.15, 0.2) is 76.9 Å². The van der Waals surface area contributed by atoms with E-state index < -0.39 is 0 Å². The van der Waals surface area contributed by atoms with Crippen molar-refractivity contribution in [3.63, 3.8) is 0 Å². The molecule has 0 fully saturated rings. The van der Waals surface area contributed by atoms with E-state index in [0.29, 0.717) is 6.54 Å². The normalized spacial score (nSPS) is 11.9. The molecule has 1 heterocycles. The van der Waals surface area contributed by atoms with Crippen LogP contribution in [0.4, 0.5) is 0 Å². The van der Waals surface area contributed by atoms with Gasteiger partial charge in [0.05, 0.1) is 0 Å². The fourth-order valence-electron chi connectivity index (χ4n) is 2.49. The lowest BCUT2D eigenvalue weighted by atomic mass is 10.2. The Kier molecular flexibility index (Phi) is 6.52. The maximum atomic E-state index is 6.00. The van der Waals surface area contributed by atoms with Crippen molar-refractivity contribution in [1.82, 2.24) is 14.8 Å². The van der Waals surface area contributed by atoms with Crippen molar-refractivity contribution >= 4 is 27.7 Å². The summed E-state index contributed by atoms with van der Waals surface area (Å²) >= 11 is 5.12. The third-order valence-electron chi connectivity index (χ3n) is 3.76. The molecule has 0 saturated carbocycles. The Morgan fingerprint density at radius 2 is 1.88 bits per heavy atom. The number of aromatic nitrogens is 3. The van der Waals surface area contributed by atoms with Gasteiger partial charge in [0.2, 0.25) is 0 Å². The van der Waals surface area contributed by atoms with E-state index >= 15 is 0 Å². The number of ether oxygens (including phenoxy) is 1. The first-order valence-electron chi connectivity index (χ1n) is 8.30. The Balaban J connectivity index is 1.74. The molecule has 0 saturated heterocycles. The van der Waals surface area contributed by atoms with E-state index in [4.69, 9.17) is 4.74 Å². The quantitative estimate of drug-likeness (QED) is 0.342. The van der Waals surface area contributed by atoms with Gasteiger partial charge in [-0.05, 0) is 36.8 Å². The minimum absolute atomic E-state index is 0.202. The topological polar surface area (TPSA) is 39.9 Å². The Morgan fingerprint density at radius 3 is 2.58 bits per heavy atom. The average Bonchev–Trinajstić information content (AvgIpc) is 3.05. The highest BCUT2D eigenvalue weighted by Crippen LogP contribution is 2.27. The van der Waals surface area contributed by atoms with E-state index in [1.54, 1.807) is 11.8 Å². The summed E-state index contributed by atoms with van der Waals surface area (Å²) in [6, 6.07) is 18.1. The molecular formula is C20H20BrN3OS. The lowest BCUT2D eigenvalue weighted by Crippen LogP contribution is -2.12. The van der Waals surface area contributed by atoms with E-state index in [-0.39, 0.29) is 6.10 Å². The fraction of sp³-hybridized carbons (Fsp3) is 0.200. The number of nitrogens with zero attached hydrogens (tertiary/aromatic N) is 3. The molecule has 26 heavy (non-hydrogen) atoms. The third kappa shape index (κ3) is 4.77. The summed E-state index contributed by atoms with van der Waals surface area (Å²) in [5, 5.41) is 9.61. The summed E-state index contributed by atoms with van der Waals surface area (Å²) in [6.07, 6.45) is 1.65. The van der Waals surface area contributed by atoms with E-state index in [1.165, 1.54) is 5.56 Å². The number of para-hydroxylation sites is 1. The van der Waals surface area contributed by atoms with Crippen LogP contribution in [0.3, 0.4) is 0 Å². The maximum Gasteiger partial charge on any atom is 0.191 e. The number of rotatable bonds is 8. The molecule has 0 N–H and O–H groups in total. The number of thioether (sulfide) groups is 1.